The SMILES string of the molecule is CC(C)Cc1cn[nH]c1C1CCCN(Cc2ccccc2Cl)C1. The van der Waals surface area contributed by atoms with Crippen molar-refractivity contribution in [1.82, 2.24) is 15.1 Å². The van der Waals surface area contributed by atoms with Gasteiger partial charge in [0.25, 0.3) is 0 Å². The van der Waals surface area contributed by atoms with E-state index in [1.54, 1.807) is 0 Å². The van der Waals surface area contributed by atoms with E-state index in [0.717, 1.165) is 31.1 Å². The van der Waals surface area contributed by atoms with Gasteiger partial charge in [0.15, 0.2) is 0 Å². The molecule has 1 unspecified atom stereocenters. The third kappa shape index (κ3) is 4.15. The highest BCUT2D eigenvalue weighted by molar-refractivity contribution is 6.31. The van der Waals surface area contributed by atoms with Crippen molar-refractivity contribution in [3.05, 3.63) is 52.3 Å². The second-order valence-corrected chi connectivity index (χ2v) is 7.48. The smallest absolute Gasteiger partial charge is 0.0522 e. The molecule has 1 fully saturated rings. The first-order valence-corrected chi connectivity index (χ1v) is 8.99. The van der Waals surface area contributed by atoms with Crippen LogP contribution in [0.4, 0.5) is 0 Å². The number of aromatic nitrogens is 2. The molecular weight excluding hydrogens is 306 g/mol. The second kappa shape index (κ2) is 7.50. The summed E-state index contributed by atoms with van der Waals surface area (Å²) >= 11 is 6.32. The van der Waals surface area contributed by atoms with Crippen LogP contribution >= 0.6 is 11.6 Å². The van der Waals surface area contributed by atoms with Gasteiger partial charge >= 0.3 is 0 Å². The van der Waals surface area contributed by atoms with Gasteiger partial charge in [-0.25, -0.2) is 0 Å². The molecule has 124 valence electrons. The Morgan fingerprint density at radius 2 is 2.13 bits per heavy atom. The summed E-state index contributed by atoms with van der Waals surface area (Å²) in [6.45, 7) is 7.69. The van der Waals surface area contributed by atoms with Crippen LogP contribution in [0.5, 0.6) is 0 Å². The number of H-pyrrole nitrogens is 1. The monoisotopic (exact) mass is 331 g/mol. The van der Waals surface area contributed by atoms with Crippen LogP contribution in [0.15, 0.2) is 30.5 Å². The molecule has 2 aromatic rings. The van der Waals surface area contributed by atoms with Gasteiger partial charge in [-0.1, -0.05) is 43.6 Å². The van der Waals surface area contributed by atoms with E-state index < -0.39 is 0 Å². The number of piperidine rings is 1. The highest BCUT2D eigenvalue weighted by atomic mass is 35.5. The first-order valence-electron chi connectivity index (χ1n) is 8.61. The zero-order valence-corrected chi connectivity index (χ0v) is 14.8. The molecular formula is C19H26ClN3. The lowest BCUT2D eigenvalue weighted by atomic mass is 9.90. The molecule has 4 heteroatoms. The Bertz CT molecular complexity index is 635. The predicted octanol–water partition coefficient (Wildman–Crippen LogP) is 4.64. The molecule has 1 aliphatic heterocycles. The van der Waals surface area contributed by atoms with Gasteiger partial charge in [-0.15, -0.1) is 0 Å². The summed E-state index contributed by atoms with van der Waals surface area (Å²) in [5.74, 6) is 1.22. The van der Waals surface area contributed by atoms with Gasteiger partial charge < -0.3 is 0 Å². The lowest BCUT2D eigenvalue weighted by Gasteiger charge is -2.33. The maximum Gasteiger partial charge on any atom is 0.0522 e. The van der Waals surface area contributed by atoms with Crippen molar-refractivity contribution < 1.29 is 0 Å². The van der Waals surface area contributed by atoms with Gasteiger partial charge in [-0.2, -0.15) is 5.10 Å². The number of aromatic amines is 1. The van der Waals surface area contributed by atoms with Gasteiger partial charge in [-0.3, -0.25) is 10.00 Å². The van der Waals surface area contributed by atoms with Crippen molar-refractivity contribution in [3.8, 4) is 0 Å². The standard InChI is InChI=1S/C19H26ClN3/c1-14(2)10-17-11-21-22-19(17)16-7-5-9-23(13-16)12-15-6-3-4-8-18(15)20/h3-4,6,8,11,14,16H,5,7,9-10,12-13H2,1-2H3,(H,21,22). The van der Waals surface area contributed by atoms with Gasteiger partial charge in [0, 0.05) is 29.7 Å². The number of nitrogens with one attached hydrogen (secondary N) is 1. The lowest BCUT2D eigenvalue weighted by molar-refractivity contribution is 0.198. The quantitative estimate of drug-likeness (QED) is 0.865. The van der Waals surface area contributed by atoms with Gasteiger partial charge in [0.2, 0.25) is 0 Å². The van der Waals surface area contributed by atoms with Crippen LogP contribution in [0, 0.1) is 5.92 Å². The molecule has 2 heterocycles. The molecule has 1 aromatic heterocycles. The Hall–Kier alpha value is -1.32. The van der Waals surface area contributed by atoms with Gasteiger partial charge in [0.05, 0.1) is 6.20 Å². The third-order valence-corrected chi connectivity index (χ3v) is 5.01. The Balaban J connectivity index is 1.69. The minimum atomic E-state index is 0.558. The summed E-state index contributed by atoms with van der Waals surface area (Å²) in [6.07, 6.45) is 5.59. The summed E-state index contributed by atoms with van der Waals surface area (Å²) in [7, 11) is 0. The molecule has 3 nitrogen and oxygen atoms in total. The van der Waals surface area contributed by atoms with E-state index in [1.165, 1.54) is 29.7 Å². The summed E-state index contributed by atoms with van der Waals surface area (Å²) in [5, 5.41) is 8.45. The minimum Gasteiger partial charge on any atom is -0.298 e. The molecule has 1 N–H and O–H groups in total. The zero-order chi connectivity index (χ0) is 16.2. The summed E-state index contributed by atoms with van der Waals surface area (Å²) in [6, 6.07) is 8.17. The molecule has 1 aromatic carbocycles. The van der Waals surface area contributed by atoms with Crippen molar-refractivity contribution in [1.29, 1.82) is 0 Å². The van der Waals surface area contributed by atoms with Crippen molar-refractivity contribution in [2.45, 2.75) is 45.6 Å². The molecule has 3 rings (SSSR count). The normalized spacial score (nSPS) is 19.4. The fraction of sp³-hybridized carbons (Fsp3) is 0.526. The summed E-state index contributed by atoms with van der Waals surface area (Å²) < 4.78 is 0. The highest BCUT2D eigenvalue weighted by Crippen LogP contribution is 2.30. The Kier molecular flexibility index (Phi) is 5.39. The van der Waals surface area contributed by atoms with Crippen LogP contribution in [-0.2, 0) is 13.0 Å². The van der Waals surface area contributed by atoms with Crippen LogP contribution in [0.3, 0.4) is 0 Å². The van der Waals surface area contributed by atoms with E-state index in [2.05, 4.69) is 41.1 Å². The maximum atomic E-state index is 6.32. The molecule has 0 amide bonds. The Morgan fingerprint density at radius 1 is 1.30 bits per heavy atom. The second-order valence-electron chi connectivity index (χ2n) is 7.07. The summed E-state index contributed by atoms with van der Waals surface area (Å²) in [4.78, 5) is 2.52. The summed E-state index contributed by atoms with van der Waals surface area (Å²) in [5.41, 5.74) is 3.97. The Labute approximate surface area is 144 Å². The van der Waals surface area contributed by atoms with E-state index >= 15 is 0 Å². The van der Waals surface area contributed by atoms with Crippen molar-refractivity contribution >= 4 is 11.6 Å². The average Bonchev–Trinajstić information content (AvgIpc) is 2.97. The first-order chi connectivity index (χ1) is 11.1. The molecule has 23 heavy (non-hydrogen) atoms. The van der Waals surface area contributed by atoms with Crippen LogP contribution < -0.4 is 0 Å². The zero-order valence-electron chi connectivity index (χ0n) is 14.1. The number of benzene rings is 1. The molecule has 1 saturated heterocycles. The number of halogens is 1. The van der Waals surface area contributed by atoms with Crippen molar-refractivity contribution in [3.63, 3.8) is 0 Å². The predicted molar refractivity (Wildman–Crippen MR) is 95.8 cm³/mol. The van der Waals surface area contributed by atoms with Crippen LogP contribution in [0.2, 0.25) is 5.02 Å². The van der Waals surface area contributed by atoms with E-state index in [1.807, 2.05) is 18.3 Å². The fourth-order valence-electron chi connectivity index (χ4n) is 3.58. The van der Waals surface area contributed by atoms with E-state index in [0.29, 0.717) is 11.8 Å². The van der Waals surface area contributed by atoms with Gasteiger partial charge in [0.1, 0.15) is 0 Å². The van der Waals surface area contributed by atoms with Crippen LogP contribution in [-0.4, -0.2) is 28.2 Å². The van der Waals surface area contributed by atoms with Crippen LogP contribution in [0.25, 0.3) is 0 Å². The first kappa shape index (κ1) is 16.5. The third-order valence-electron chi connectivity index (χ3n) is 4.65. The van der Waals surface area contributed by atoms with Crippen LogP contribution in [0.1, 0.15) is 49.4 Å². The molecule has 1 atom stereocenters. The Morgan fingerprint density at radius 3 is 2.91 bits per heavy atom. The molecule has 1 aliphatic rings. The topological polar surface area (TPSA) is 31.9 Å². The largest absolute Gasteiger partial charge is 0.298 e. The molecule has 0 bridgehead atoms. The number of likely N-dealkylation sites (tertiary alicyclic amines) is 1. The number of nitrogens with zero attached hydrogens (tertiary/aromatic N) is 2. The van der Waals surface area contributed by atoms with Crippen molar-refractivity contribution in [2.24, 2.45) is 5.92 Å². The van der Waals surface area contributed by atoms with E-state index in [-0.39, 0.29) is 0 Å². The number of hydrogen-bond donors (Lipinski definition) is 1. The highest BCUT2D eigenvalue weighted by Gasteiger charge is 2.25. The minimum absolute atomic E-state index is 0.558. The van der Waals surface area contributed by atoms with Gasteiger partial charge in [-0.05, 0) is 48.9 Å². The molecule has 0 saturated carbocycles. The number of rotatable bonds is 5. The van der Waals surface area contributed by atoms with E-state index in [4.69, 9.17) is 11.6 Å². The molecule has 0 spiro atoms. The molecule has 0 aliphatic carbocycles. The van der Waals surface area contributed by atoms with Crippen molar-refractivity contribution in [2.75, 3.05) is 13.1 Å². The average molecular weight is 332 g/mol. The fourth-order valence-corrected chi connectivity index (χ4v) is 3.77. The molecule has 0 radical (unpaired) electrons. The lowest BCUT2D eigenvalue weighted by Crippen LogP contribution is -2.34. The number of hydrogen-bond acceptors (Lipinski definition) is 2. The maximum absolute atomic E-state index is 6.32. The van der Waals surface area contributed by atoms with E-state index in [9.17, 15) is 0 Å².